The molecule has 2 rings (SSSR count). The smallest absolute Gasteiger partial charge is 0.412 e. The van der Waals surface area contributed by atoms with Gasteiger partial charge in [0.05, 0.1) is 0 Å². The zero-order valence-corrected chi connectivity index (χ0v) is 19.8. The fourth-order valence-electron chi connectivity index (χ4n) is 3.14. The molecular formula is C23H35N3O6. The van der Waals surface area contributed by atoms with Gasteiger partial charge in [-0.2, -0.15) is 0 Å². The molecule has 0 radical (unpaired) electrons. The van der Waals surface area contributed by atoms with Crippen LogP contribution in [0.3, 0.4) is 0 Å². The van der Waals surface area contributed by atoms with E-state index in [2.05, 4.69) is 5.32 Å². The molecule has 0 atom stereocenters. The van der Waals surface area contributed by atoms with Crippen LogP contribution in [0, 0.1) is 0 Å². The Kier molecular flexibility index (Phi) is 8.35. The maximum atomic E-state index is 12.7. The third kappa shape index (κ3) is 8.28. The van der Waals surface area contributed by atoms with Crippen molar-refractivity contribution in [3.8, 4) is 0 Å². The number of amides is 3. The number of hydrogen-bond acceptors (Lipinski definition) is 6. The number of rotatable bonds is 5. The first-order valence-corrected chi connectivity index (χ1v) is 10.8. The predicted molar refractivity (Wildman–Crippen MR) is 119 cm³/mol. The molecule has 9 nitrogen and oxygen atoms in total. The van der Waals surface area contributed by atoms with Crippen LogP contribution >= 0.6 is 0 Å². The summed E-state index contributed by atoms with van der Waals surface area (Å²) >= 11 is 0. The van der Waals surface area contributed by atoms with Crippen LogP contribution in [0.15, 0.2) is 30.3 Å². The van der Waals surface area contributed by atoms with Crippen molar-refractivity contribution < 1.29 is 28.6 Å². The molecule has 0 aromatic heterocycles. The first-order chi connectivity index (χ1) is 14.9. The first kappa shape index (κ1) is 25.3. The number of hydrogen-bond donors (Lipinski definition) is 1. The van der Waals surface area contributed by atoms with Crippen molar-refractivity contribution in [3.05, 3.63) is 35.9 Å². The Balaban J connectivity index is 1.97. The van der Waals surface area contributed by atoms with E-state index in [1.165, 1.54) is 9.80 Å². The van der Waals surface area contributed by atoms with Crippen LogP contribution in [0.2, 0.25) is 0 Å². The van der Waals surface area contributed by atoms with E-state index in [0.717, 1.165) is 5.56 Å². The minimum Gasteiger partial charge on any atom is -0.445 e. The lowest BCUT2D eigenvalue weighted by atomic mass is 10.2. The predicted octanol–water partition coefficient (Wildman–Crippen LogP) is 4.12. The fraction of sp³-hybridized carbons (Fsp3) is 0.609. The van der Waals surface area contributed by atoms with Crippen molar-refractivity contribution in [1.82, 2.24) is 15.1 Å². The standard InChI is InChI=1S/C23H35N3O6/c1-22(2,3)31-20(28)25-14-15-26(21(29)32-23(4,5)6)18(25)12-13-24-19(27)30-16-17-10-8-7-9-11-17/h7-11,18H,12-16H2,1-6H3,(H,24,27). The van der Waals surface area contributed by atoms with E-state index in [-0.39, 0.29) is 13.2 Å². The summed E-state index contributed by atoms with van der Waals surface area (Å²) in [4.78, 5) is 40.4. The maximum absolute atomic E-state index is 12.7. The van der Waals surface area contributed by atoms with Gasteiger partial charge in [-0.1, -0.05) is 30.3 Å². The number of ether oxygens (including phenoxy) is 3. The molecule has 0 unspecified atom stereocenters. The number of carbonyl (C=O) groups excluding carboxylic acids is 3. The van der Waals surface area contributed by atoms with Gasteiger partial charge in [0.25, 0.3) is 0 Å². The second-order valence-electron chi connectivity index (χ2n) is 9.61. The molecule has 178 valence electrons. The minimum absolute atomic E-state index is 0.157. The summed E-state index contributed by atoms with van der Waals surface area (Å²) in [7, 11) is 0. The van der Waals surface area contributed by atoms with Crippen LogP contribution < -0.4 is 5.32 Å². The molecule has 0 spiro atoms. The summed E-state index contributed by atoms with van der Waals surface area (Å²) in [6.45, 7) is 11.7. The second-order valence-corrected chi connectivity index (χ2v) is 9.61. The third-order valence-electron chi connectivity index (χ3n) is 4.44. The quantitative estimate of drug-likeness (QED) is 0.679. The molecule has 1 aliphatic rings. The number of benzene rings is 1. The van der Waals surface area contributed by atoms with Gasteiger partial charge in [-0.3, -0.25) is 9.80 Å². The molecule has 1 aromatic rings. The highest BCUT2D eigenvalue weighted by molar-refractivity contribution is 5.73. The van der Waals surface area contributed by atoms with Gasteiger partial charge in [0.1, 0.15) is 24.0 Å². The van der Waals surface area contributed by atoms with Crippen LogP contribution in [0.4, 0.5) is 14.4 Å². The van der Waals surface area contributed by atoms with Crippen molar-refractivity contribution >= 4 is 18.3 Å². The topological polar surface area (TPSA) is 97.4 Å². The lowest BCUT2D eigenvalue weighted by Crippen LogP contribution is -2.48. The Bertz CT molecular complexity index is 749. The molecule has 1 aromatic carbocycles. The Morgan fingerprint density at radius 2 is 1.41 bits per heavy atom. The van der Waals surface area contributed by atoms with E-state index in [1.54, 1.807) is 41.5 Å². The molecule has 1 heterocycles. The van der Waals surface area contributed by atoms with Crippen molar-refractivity contribution in [3.63, 3.8) is 0 Å². The Morgan fingerprint density at radius 1 is 0.906 bits per heavy atom. The summed E-state index contributed by atoms with van der Waals surface area (Å²) in [5, 5.41) is 2.68. The van der Waals surface area contributed by atoms with E-state index in [1.807, 2.05) is 30.3 Å². The van der Waals surface area contributed by atoms with Crippen molar-refractivity contribution in [2.45, 2.75) is 71.9 Å². The van der Waals surface area contributed by atoms with Crippen LogP contribution in [-0.2, 0) is 20.8 Å². The molecule has 9 heteroatoms. The molecule has 1 fully saturated rings. The highest BCUT2D eigenvalue weighted by Crippen LogP contribution is 2.23. The van der Waals surface area contributed by atoms with E-state index >= 15 is 0 Å². The van der Waals surface area contributed by atoms with Gasteiger partial charge in [0.15, 0.2) is 0 Å². The number of carbonyl (C=O) groups is 3. The van der Waals surface area contributed by atoms with Crippen molar-refractivity contribution in [2.75, 3.05) is 19.6 Å². The SMILES string of the molecule is CC(C)(C)OC(=O)N1CCN(C(=O)OC(C)(C)C)C1CCNC(=O)OCc1ccccc1. The molecule has 1 saturated heterocycles. The minimum atomic E-state index is -0.666. The Morgan fingerprint density at radius 3 is 1.88 bits per heavy atom. The molecule has 0 aliphatic carbocycles. The first-order valence-electron chi connectivity index (χ1n) is 10.8. The van der Waals surface area contributed by atoms with Gasteiger partial charge in [-0.15, -0.1) is 0 Å². The number of nitrogens with one attached hydrogen (secondary N) is 1. The summed E-state index contributed by atoms with van der Waals surface area (Å²) in [6.07, 6.45) is -1.90. The highest BCUT2D eigenvalue weighted by Gasteiger charge is 2.41. The average Bonchev–Trinajstić information content (AvgIpc) is 3.09. The van der Waals surface area contributed by atoms with E-state index in [9.17, 15) is 14.4 Å². The Labute approximate surface area is 190 Å². The van der Waals surface area contributed by atoms with Crippen molar-refractivity contribution in [1.29, 1.82) is 0 Å². The molecule has 32 heavy (non-hydrogen) atoms. The maximum Gasteiger partial charge on any atom is 0.412 e. The summed E-state index contributed by atoms with van der Waals surface area (Å²) in [6, 6.07) is 9.35. The number of alkyl carbamates (subject to hydrolysis) is 1. The molecule has 1 aliphatic heterocycles. The molecule has 1 N–H and O–H groups in total. The summed E-state index contributed by atoms with van der Waals surface area (Å²) in [5.41, 5.74) is -0.452. The van der Waals surface area contributed by atoms with E-state index < -0.39 is 35.6 Å². The Hall–Kier alpha value is -2.97. The zero-order valence-electron chi connectivity index (χ0n) is 19.8. The van der Waals surface area contributed by atoms with Gasteiger partial charge < -0.3 is 19.5 Å². The van der Waals surface area contributed by atoms with E-state index in [4.69, 9.17) is 14.2 Å². The van der Waals surface area contributed by atoms with Gasteiger partial charge >= 0.3 is 18.3 Å². The van der Waals surface area contributed by atoms with Crippen molar-refractivity contribution in [2.24, 2.45) is 0 Å². The molecule has 3 amide bonds. The molecule has 0 bridgehead atoms. The van der Waals surface area contributed by atoms with Crippen LogP contribution in [0.25, 0.3) is 0 Å². The molecule has 0 saturated carbocycles. The zero-order chi connectivity index (χ0) is 23.9. The lowest BCUT2D eigenvalue weighted by molar-refractivity contribution is -0.000864. The van der Waals surface area contributed by atoms with Gasteiger partial charge in [0.2, 0.25) is 0 Å². The summed E-state index contributed by atoms with van der Waals surface area (Å²) < 4.78 is 16.2. The lowest BCUT2D eigenvalue weighted by Gasteiger charge is -2.32. The van der Waals surface area contributed by atoms with Gasteiger partial charge in [-0.25, -0.2) is 14.4 Å². The summed E-state index contributed by atoms with van der Waals surface area (Å²) in [5.74, 6) is 0. The van der Waals surface area contributed by atoms with E-state index in [0.29, 0.717) is 19.5 Å². The monoisotopic (exact) mass is 449 g/mol. The number of nitrogens with zero attached hydrogens (tertiary/aromatic N) is 2. The highest BCUT2D eigenvalue weighted by atomic mass is 16.6. The second kappa shape index (κ2) is 10.6. The average molecular weight is 450 g/mol. The van der Waals surface area contributed by atoms with Crippen LogP contribution in [0.1, 0.15) is 53.5 Å². The largest absolute Gasteiger partial charge is 0.445 e. The third-order valence-corrected chi connectivity index (χ3v) is 4.44. The fourth-order valence-corrected chi connectivity index (χ4v) is 3.14. The normalized spacial score (nSPS) is 14.8. The molecular weight excluding hydrogens is 414 g/mol. The van der Waals surface area contributed by atoms with Crippen LogP contribution in [0.5, 0.6) is 0 Å². The van der Waals surface area contributed by atoms with Gasteiger partial charge in [0, 0.05) is 26.1 Å². The van der Waals surface area contributed by atoms with Crippen LogP contribution in [-0.4, -0.2) is 65.1 Å². The van der Waals surface area contributed by atoms with Gasteiger partial charge in [-0.05, 0) is 47.1 Å².